The minimum atomic E-state index is -0.861. The summed E-state index contributed by atoms with van der Waals surface area (Å²) in [5, 5.41) is 6.47. The summed E-state index contributed by atoms with van der Waals surface area (Å²) in [6, 6.07) is 0. The maximum Gasteiger partial charge on any atom is 0.333 e. The first-order valence-corrected chi connectivity index (χ1v) is 12.7. The first kappa shape index (κ1) is 28.1. The van der Waals surface area contributed by atoms with Crippen LogP contribution < -0.4 is 10.6 Å². The number of carbonyl (C=O) groups is 4. The van der Waals surface area contributed by atoms with Gasteiger partial charge in [-0.1, -0.05) is 24.4 Å². The third-order valence-corrected chi connectivity index (χ3v) is 6.15. The number of rotatable bonds is 13. The number of amides is 2. The number of thiocarbonyl (C=S) groups is 2. The van der Waals surface area contributed by atoms with Crippen LogP contribution in [0.2, 0.25) is 0 Å². The summed E-state index contributed by atoms with van der Waals surface area (Å²) < 4.78 is 6.82. The van der Waals surface area contributed by atoms with Gasteiger partial charge in [0.25, 0.3) is 11.8 Å². The van der Waals surface area contributed by atoms with Gasteiger partial charge in [0.1, 0.15) is 6.10 Å². The standard InChI is InChI=1S/C19H25N3O6S4/c1-31-18(29)7-9-20-11-13(12-21-10-8-19(30)32-2)27-16(25)5-6-17(26)28-22-14(23)3-4-15(22)24/h7-10,13,20-21H,3-6,11-12H2,1-2H3/b9-7-,10-8-. The Morgan fingerprint density at radius 1 is 0.969 bits per heavy atom. The zero-order valence-electron chi connectivity index (χ0n) is 17.7. The molecular formula is C19H25N3O6S4. The molecular weight excluding hydrogens is 494 g/mol. The summed E-state index contributed by atoms with van der Waals surface area (Å²) in [7, 11) is 0. The number of hydrogen-bond donors (Lipinski definition) is 2. The average molecular weight is 520 g/mol. The van der Waals surface area contributed by atoms with Crippen molar-refractivity contribution in [3.63, 3.8) is 0 Å². The molecule has 0 aliphatic carbocycles. The molecule has 1 aliphatic rings. The molecule has 1 saturated heterocycles. The van der Waals surface area contributed by atoms with Crippen molar-refractivity contribution in [3.05, 3.63) is 24.6 Å². The van der Waals surface area contributed by atoms with E-state index in [9.17, 15) is 19.2 Å². The van der Waals surface area contributed by atoms with Crippen molar-refractivity contribution in [2.75, 3.05) is 25.6 Å². The number of hydrogen-bond acceptors (Lipinski definition) is 12. The topological polar surface area (TPSA) is 114 Å². The minimum absolute atomic E-state index is 0.00204. The molecule has 0 bridgehead atoms. The Bertz CT molecular complexity index is 741. The van der Waals surface area contributed by atoms with Crippen LogP contribution in [-0.2, 0) is 28.8 Å². The van der Waals surface area contributed by atoms with Gasteiger partial charge in [-0.3, -0.25) is 14.4 Å². The molecule has 176 valence electrons. The maximum absolute atomic E-state index is 12.2. The van der Waals surface area contributed by atoms with Crippen molar-refractivity contribution >= 4 is 80.1 Å². The van der Waals surface area contributed by atoms with Gasteiger partial charge < -0.3 is 20.2 Å². The van der Waals surface area contributed by atoms with Gasteiger partial charge in [-0.05, 0) is 37.1 Å². The predicted molar refractivity (Wildman–Crippen MR) is 133 cm³/mol. The highest BCUT2D eigenvalue weighted by molar-refractivity contribution is 8.23. The second-order valence-electron chi connectivity index (χ2n) is 6.19. The third kappa shape index (κ3) is 11.6. The van der Waals surface area contributed by atoms with Crippen LogP contribution >= 0.6 is 48.0 Å². The van der Waals surface area contributed by atoms with Gasteiger partial charge in [0.2, 0.25) is 0 Å². The van der Waals surface area contributed by atoms with E-state index in [2.05, 4.69) is 10.6 Å². The monoisotopic (exact) mass is 519 g/mol. The van der Waals surface area contributed by atoms with Gasteiger partial charge in [0, 0.05) is 12.8 Å². The Hall–Kier alpha value is -1.96. The summed E-state index contributed by atoms with van der Waals surface area (Å²) in [6.45, 7) is 0.600. The number of nitrogens with zero attached hydrogens (tertiary/aromatic N) is 1. The Morgan fingerprint density at radius 2 is 1.44 bits per heavy atom. The molecule has 0 aromatic carbocycles. The molecule has 2 amide bonds. The first-order valence-electron chi connectivity index (χ1n) is 9.48. The number of carbonyl (C=O) groups excluding carboxylic acids is 4. The largest absolute Gasteiger partial charge is 0.459 e. The minimum Gasteiger partial charge on any atom is -0.459 e. The average Bonchev–Trinajstić information content (AvgIpc) is 3.09. The van der Waals surface area contributed by atoms with Crippen molar-refractivity contribution in [1.82, 2.24) is 15.7 Å². The fraction of sp³-hybridized carbons (Fsp3) is 0.474. The zero-order chi connectivity index (χ0) is 23.9. The molecule has 9 nitrogen and oxygen atoms in total. The molecule has 2 N–H and O–H groups in total. The fourth-order valence-electron chi connectivity index (χ4n) is 2.20. The van der Waals surface area contributed by atoms with E-state index < -0.39 is 29.9 Å². The normalized spacial score (nSPS) is 13.8. The van der Waals surface area contributed by atoms with Gasteiger partial charge in [-0.25, -0.2) is 4.79 Å². The molecule has 32 heavy (non-hydrogen) atoms. The second-order valence-corrected chi connectivity index (χ2v) is 9.28. The molecule has 0 aromatic heterocycles. The lowest BCUT2D eigenvalue weighted by molar-refractivity contribution is -0.197. The molecule has 1 heterocycles. The molecule has 0 aromatic rings. The van der Waals surface area contributed by atoms with Crippen LogP contribution in [0.15, 0.2) is 24.6 Å². The predicted octanol–water partition coefficient (Wildman–Crippen LogP) is 1.87. The number of thioether (sulfide) groups is 2. The molecule has 0 radical (unpaired) electrons. The summed E-state index contributed by atoms with van der Waals surface area (Å²) >= 11 is 13.0. The van der Waals surface area contributed by atoms with E-state index in [1.165, 1.54) is 23.5 Å². The van der Waals surface area contributed by atoms with Gasteiger partial charge >= 0.3 is 11.9 Å². The van der Waals surface area contributed by atoms with Crippen LogP contribution in [0.1, 0.15) is 25.7 Å². The molecule has 1 rings (SSSR count). The van der Waals surface area contributed by atoms with Crippen LogP contribution in [0.5, 0.6) is 0 Å². The van der Waals surface area contributed by atoms with E-state index in [1.54, 1.807) is 24.6 Å². The van der Waals surface area contributed by atoms with Crippen molar-refractivity contribution < 1.29 is 28.8 Å². The van der Waals surface area contributed by atoms with Gasteiger partial charge in [0.05, 0.1) is 34.3 Å². The highest BCUT2D eigenvalue weighted by Gasteiger charge is 2.32. The zero-order valence-corrected chi connectivity index (χ0v) is 20.9. The van der Waals surface area contributed by atoms with Crippen LogP contribution in [0.3, 0.4) is 0 Å². The maximum atomic E-state index is 12.2. The quantitative estimate of drug-likeness (QED) is 0.160. The number of esters is 1. The van der Waals surface area contributed by atoms with Crippen molar-refractivity contribution in [2.24, 2.45) is 0 Å². The van der Waals surface area contributed by atoms with Gasteiger partial charge in [-0.2, -0.15) is 0 Å². The molecule has 0 spiro atoms. The summed E-state index contributed by atoms with van der Waals surface area (Å²) in [5.41, 5.74) is 0. The van der Waals surface area contributed by atoms with Gasteiger partial charge in [-0.15, -0.1) is 28.6 Å². The summed E-state index contributed by atoms with van der Waals surface area (Å²) in [6.07, 6.45) is 9.38. The van der Waals surface area contributed by atoms with Gasteiger partial charge in [0.15, 0.2) is 0 Å². The van der Waals surface area contributed by atoms with E-state index in [0.29, 0.717) is 26.5 Å². The lowest BCUT2D eigenvalue weighted by Gasteiger charge is -2.18. The Morgan fingerprint density at radius 3 is 1.91 bits per heavy atom. The lowest BCUT2D eigenvalue weighted by atomic mass is 10.3. The number of nitrogens with one attached hydrogen (secondary N) is 2. The SMILES string of the molecule is CSC(=S)/C=C\NCC(CN/C=C\C(=S)SC)OC(=O)CCC(=O)ON1C(=O)CCC1=O. The molecule has 0 atom stereocenters. The number of imide groups is 1. The molecule has 0 unspecified atom stereocenters. The lowest BCUT2D eigenvalue weighted by Crippen LogP contribution is -2.36. The third-order valence-electron chi connectivity index (χ3n) is 3.80. The first-order chi connectivity index (χ1) is 15.3. The van der Waals surface area contributed by atoms with E-state index in [0.717, 1.165) is 0 Å². The second kappa shape index (κ2) is 15.8. The van der Waals surface area contributed by atoms with Crippen molar-refractivity contribution in [3.8, 4) is 0 Å². The Balaban J connectivity index is 2.51. The van der Waals surface area contributed by atoms with E-state index in [1.807, 2.05) is 12.5 Å². The molecule has 0 saturated carbocycles. The highest BCUT2D eigenvalue weighted by atomic mass is 32.2. The van der Waals surface area contributed by atoms with Crippen LogP contribution in [0, 0.1) is 0 Å². The number of hydroxylamine groups is 2. The summed E-state index contributed by atoms with van der Waals surface area (Å²) in [5.74, 6) is -2.64. The number of ether oxygens (including phenoxy) is 1. The van der Waals surface area contributed by atoms with Crippen molar-refractivity contribution in [1.29, 1.82) is 0 Å². The molecule has 1 aliphatic heterocycles. The molecule has 1 fully saturated rings. The van der Waals surface area contributed by atoms with E-state index >= 15 is 0 Å². The Labute approximate surface area is 206 Å². The summed E-state index contributed by atoms with van der Waals surface area (Å²) in [4.78, 5) is 51.7. The molecule has 13 heteroatoms. The smallest absolute Gasteiger partial charge is 0.333 e. The van der Waals surface area contributed by atoms with Crippen LogP contribution in [0.25, 0.3) is 0 Å². The van der Waals surface area contributed by atoms with Crippen LogP contribution in [-0.4, -0.2) is 68.9 Å². The fourth-order valence-corrected chi connectivity index (χ4v) is 2.74. The van der Waals surface area contributed by atoms with Crippen LogP contribution in [0.4, 0.5) is 0 Å². The van der Waals surface area contributed by atoms with E-state index in [4.69, 9.17) is 34.0 Å². The Kier molecular flexibility index (Phi) is 13.8. The van der Waals surface area contributed by atoms with E-state index in [-0.39, 0.29) is 25.7 Å². The van der Waals surface area contributed by atoms with Crippen molar-refractivity contribution in [2.45, 2.75) is 31.8 Å². The highest BCUT2D eigenvalue weighted by Crippen LogP contribution is 2.13.